The predicted octanol–water partition coefficient (Wildman–Crippen LogP) is 1.75. The van der Waals surface area contributed by atoms with Crippen molar-refractivity contribution >= 4 is 0 Å². The Morgan fingerprint density at radius 3 is 2.80 bits per heavy atom. The van der Waals surface area contributed by atoms with Crippen LogP contribution in [0.5, 0.6) is 0 Å². The Hall–Kier alpha value is -0.600. The average molecular weight is 208 g/mol. The topological polar surface area (TPSA) is 40.5 Å². The molecule has 2 aliphatic carbocycles. The monoisotopic (exact) mass is 208 g/mol. The van der Waals surface area contributed by atoms with Crippen molar-refractivity contribution < 1.29 is 10.2 Å². The fourth-order valence-electron chi connectivity index (χ4n) is 3.27. The molecule has 2 rings (SSSR count). The van der Waals surface area contributed by atoms with Crippen LogP contribution in [-0.4, -0.2) is 23.4 Å². The molecule has 4 unspecified atom stereocenters. The highest BCUT2D eigenvalue weighted by molar-refractivity contribution is 5.24. The molecule has 0 aromatic carbocycles. The van der Waals surface area contributed by atoms with E-state index in [0.717, 1.165) is 12.8 Å². The van der Waals surface area contributed by atoms with Gasteiger partial charge in [0.1, 0.15) is 0 Å². The summed E-state index contributed by atoms with van der Waals surface area (Å²) in [7, 11) is 0. The highest BCUT2D eigenvalue weighted by atomic mass is 16.3. The number of allylic oxidation sites excluding steroid dienone is 3. The quantitative estimate of drug-likeness (QED) is 0.691. The number of aliphatic hydroxyl groups excluding tert-OH is 2. The number of aliphatic hydroxyl groups is 2. The lowest BCUT2D eigenvalue weighted by atomic mass is 9.69. The first-order valence-electron chi connectivity index (χ1n) is 5.86. The molecule has 4 atom stereocenters. The fraction of sp³-hybridized carbons (Fsp3) is 0.692. The fourth-order valence-corrected chi connectivity index (χ4v) is 3.27. The average Bonchev–Trinajstić information content (AvgIpc) is 2.84. The van der Waals surface area contributed by atoms with Crippen LogP contribution in [0.4, 0.5) is 0 Å². The lowest BCUT2D eigenvalue weighted by Gasteiger charge is -2.37. The summed E-state index contributed by atoms with van der Waals surface area (Å²) in [4.78, 5) is 0. The molecule has 0 amide bonds. The lowest BCUT2D eigenvalue weighted by Crippen LogP contribution is -2.38. The van der Waals surface area contributed by atoms with Gasteiger partial charge in [-0.2, -0.15) is 0 Å². The molecule has 15 heavy (non-hydrogen) atoms. The standard InChI is InChI=1S/C13H20O2/c1-2-3-6-13(9-15)11-5-4-10(7-11)12(13)8-14/h3-6,10-12,14-15H,2,7-9H2,1H3. The Morgan fingerprint density at radius 1 is 1.40 bits per heavy atom. The molecule has 2 nitrogen and oxygen atoms in total. The van der Waals surface area contributed by atoms with E-state index in [4.69, 9.17) is 0 Å². The van der Waals surface area contributed by atoms with Gasteiger partial charge in [0.25, 0.3) is 0 Å². The number of hydrogen-bond acceptors (Lipinski definition) is 2. The first-order valence-corrected chi connectivity index (χ1v) is 5.86. The molecule has 0 heterocycles. The molecule has 84 valence electrons. The van der Waals surface area contributed by atoms with Gasteiger partial charge in [0, 0.05) is 17.9 Å². The molecule has 0 radical (unpaired) electrons. The normalized spacial score (nSPS) is 43.3. The maximum atomic E-state index is 9.67. The maximum absolute atomic E-state index is 9.67. The predicted molar refractivity (Wildman–Crippen MR) is 60.3 cm³/mol. The molecular weight excluding hydrogens is 188 g/mol. The van der Waals surface area contributed by atoms with Crippen LogP contribution < -0.4 is 0 Å². The molecule has 0 aliphatic heterocycles. The molecule has 0 spiro atoms. The SMILES string of the molecule is CCC=CC1(CO)C2C=CC(C2)C1CO. The van der Waals surface area contributed by atoms with Crippen molar-refractivity contribution in [1.82, 2.24) is 0 Å². The highest BCUT2D eigenvalue weighted by Crippen LogP contribution is 2.56. The van der Waals surface area contributed by atoms with E-state index in [-0.39, 0.29) is 24.5 Å². The molecule has 2 aliphatic rings. The van der Waals surface area contributed by atoms with Crippen LogP contribution in [0.15, 0.2) is 24.3 Å². The maximum Gasteiger partial charge on any atom is 0.0531 e. The van der Waals surface area contributed by atoms with Crippen molar-refractivity contribution in [2.75, 3.05) is 13.2 Å². The summed E-state index contributed by atoms with van der Waals surface area (Å²) in [5.74, 6) is 1.10. The van der Waals surface area contributed by atoms with Gasteiger partial charge in [-0.1, -0.05) is 31.2 Å². The zero-order chi connectivity index (χ0) is 10.9. The van der Waals surface area contributed by atoms with Crippen LogP contribution in [0.3, 0.4) is 0 Å². The zero-order valence-corrected chi connectivity index (χ0v) is 9.26. The van der Waals surface area contributed by atoms with Gasteiger partial charge in [0.05, 0.1) is 6.61 Å². The van der Waals surface area contributed by atoms with E-state index >= 15 is 0 Å². The van der Waals surface area contributed by atoms with Gasteiger partial charge in [-0.3, -0.25) is 0 Å². The summed E-state index contributed by atoms with van der Waals surface area (Å²) >= 11 is 0. The van der Waals surface area contributed by atoms with Gasteiger partial charge in [-0.25, -0.2) is 0 Å². The van der Waals surface area contributed by atoms with Crippen molar-refractivity contribution in [1.29, 1.82) is 0 Å². The Kier molecular flexibility index (Phi) is 2.98. The summed E-state index contributed by atoms with van der Waals surface area (Å²) in [5, 5.41) is 19.1. The molecule has 2 bridgehead atoms. The summed E-state index contributed by atoms with van der Waals surface area (Å²) in [6, 6.07) is 0. The second-order valence-corrected chi connectivity index (χ2v) is 4.76. The van der Waals surface area contributed by atoms with Crippen LogP contribution in [-0.2, 0) is 0 Å². The van der Waals surface area contributed by atoms with Crippen molar-refractivity contribution in [3.05, 3.63) is 24.3 Å². The van der Waals surface area contributed by atoms with E-state index in [2.05, 4.69) is 31.2 Å². The molecule has 0 saturated heterocycles. The van der Waals surface area contributed by atoms with Gasteiger partial charge in [-0.15, -0.1) is 0 Å². The van der Waals surface area contributed by atoms with Crippen LogP contribution in [0.2, 0.25) is 0 Å². The van der Waals surface area contributed by atoms with E-state index in [1.165, 1.54) is 0 Å². The number of rotatable bonds is 4. The van der Waals surface area contributed by atoms with Crippen LogP contribution >= 0.6 is 0 Å². The van der Waals surface area contributed by atoms with Gasteiger partial charge in [0.2, 0.25) is 0 Å². The Bertz CT molecular complexity index is 282. The van der Waals surface area contributed by atoms with Gasteiger partial charge in [0.15, 0.2) is 0 Å². The third kappa shape index (κ3) is 1.47. The third-order valence-electron chi connectivity index (χ3n) is 4.15. The van der Waals surface area contributed by atoms with E-state index in [1.54, 1.807) is 0 Å². The third-order valence-corrected chi connectivity index (χ3v) is 4.15. The van der Waals surface area contributed by atoms with E-state index in [0.29, 0.717) is 11.8 Å². The first-order chi connectivity index (χ1) is 7.28. The molecule has 2 N–H and O–H groups in total. The van der Waals surface area contributed by atoms with Gasteiger partial charge >= 0.3 is 0 Å². The smallest absolute Gasteiger partial charge is 0.0531 e. The molecule has 0 aromatic heterocycles. The zero-order valence-electron chi connectivity index (χ0n) is 9.26. The van der Waals surface area contributed by atoms with Crippen molar-refractivity contribution in [3.63, 3.8) is 0 Å². The molecular formula is C13H20O2. The largest absolute Gasteiger partial charge is 0.396 e. The minimum atomic E-state index is -0.190. The number of hydrogen-bond donors (Lipinski definition) is 2. The summed E-state index contributed by atoms with van der Waals surface area (Å²) in [6.07, 6.45) is 10.8. The first kappa shape index (κ1) is 10.9. The highest BCUT2D eigenvalue weighted by Gasteiger charge is 2.53. The van der Waals surface area contributed by atoms with E-state index in [1.807, 2.05) is 0 Å². The summed E-state index contributed by atoms with van der Waals surface area (Å²) < 4.78 is 0. The van der Waals surface area contributed by atoms with E-state index in [9.17, 15) is 10.2 Å². The summed E-state index contributed by atoms with van der Waals surface area (Å²) in [5.41, 5.74) is -0.190. The summed E-state index contributed by atoms with van der Waals surface area (Å²) in [6.45, 7) is 2.43. The second kappa shape index (κ2) is 4.11. The molecule has 1 fully saturated rings. The second-order valence-electron chi connectivity index (χ2n) is 4.76. The van der Waals surface area contributed by atoms with Crippen LogP contribution in [0.1, 0.15) is 19.8 Å². The Morgan fingerprint density at radius 2 is 2.20 bits per heavy atom. The van der Waals surface area contributed by atoms with Crippen molar-refractivity contribution in [2.24, 2.45) is 23.2 Å². The lowest BCUT2D eigenvalue weighted by molar-refractivity contribution is 0.0562. The van der Waals surface area contributed by atoms with Crippen molar-refractivity contribution in [2.45, 2.75) is 19.8 Å². The Balaban J connectivity index is 2.30. The minimum absolute atomic E-state index is 0.153. The van der Waals surface area contributed by atoms with Crippen molar-refractivity contribution in [3.8, 4) is 0 Å². The van der Waals surface area contributed by atoms with Gasteiger partial charge in [-0.05, 0) is 24.7 Å². The molecule has 2 heteroatoms. The van der Waals surface area contributed by atoms with Crippen LogP contribution in [0, 0.1) is 23.2 Å². The molecule has 0 aromatic rings. The molecule has 1 saturated carbocycles. The van der Waals surface area contributed by atoms with E-state index < -0.39 is 0 Å². The van der Waals surface area contributed by atoms with Crippen LogP contribution in [0.25, 0.3) is 0 Å². The minimum Gasteiger partial charge on any atom is -0.396 e. The number of fused-ring (bicyclic) bond motifs is 2. The Labute approximate surface area is 91.3 Å². The van der Waals surface area contributed by atoms with Gasteiger partial charge < -0.3 is 10.2 Å².